The Morgan fingerprint density at radius 1 is 1.03 bits per heavy atom. The summed E-state index contributed by atoms with van der Waals surface area (Å²) in [7, 11) is 0. The van der Waals surface area contributed by atoms with Gasteiger partial charge in [-0.2, -0.15) is 13.2 Å². The van der Waals surface area contributed by atoms with Crippen molar-refractivity contribution in [2.24, 2.45) is 5.92 Å². The van der Waals surface area contributed by atoms with Crippen LogP contribution in [-0.2, 0) is 14.3 Å². The normalized spacial score (nSPS) is 15.3. The molecule has 188 valence electrons. The topological polar surface area (TPSA) is 105 Å². The van der Waals surface area contributed by atoms with E-state index < -0.39 is 42.1 Å². The zero-order valence-electron chi connectivity index (χ0n) is 19.3. The number of carbonyl (C=O) groups is 3. The quantitative estimate of drug-likeness (QED) is 0.479. The van der Waals surface area contributed by atoms with E-state index in [9.17, 15) is 32.7 Å². The number of carboxylic acid groups (broad SMARTS) is 1. The summed E-state index contributed by atoms with van der Waals surface area (Å²) in [5.74, 6) is -5.90. The summed E-state index contributed by atoms with van der Waals surface area (Å²) in [4.78, 5) is 36.1. The summed E-state index contributed by atoms with van der Waals surface area (Å²) in [6, 6.07) is 15.2. The van der Waals surface area contributed by atoms with E-state index >= 15 is 0 Å². The van der Waals surface area contributed by atoms with E-state index in [-0.39, 0.29) is 18.9 Å². The van der Waals surface area contributed by atoms with E-state index in [4.69, 9.17) is 4.74 Å². The number of ether oxygens (including phenoxy) is 1. The second-order valence-electron chi connectivity index (χ2n) is 8.68. The second-order valence-corrected chi connectivity index (χ2v) is 8.68. The SMILES string of the molecule is CCCC(C)(NC(=O)C(CNC(=O)OCC1c2ccccc2-c2ccccc21)C(F)(F)F)C(=O)O. The van der Waals surface area contributed by atoms with Gasteiger partial charge < -0.3 is 20.5 Å². The van der Waals surface area contributed by atoms with Crippen LogP contribution in [0, 0.1) is 5.92 Å². The average Bonchev–Trinajstić information content (AvgIpc) is 3.10. The van der Waals surface area contributed by atoms with Crippen molar-refractivity contribution in [2.75, 3.05) is 13.2 Å². The molecule has 0 saturated carbocycles. The van der Waals surface area contributed by atoms with E-state index in [1.807, 2.05) is 59.2 Å². The Morgan fingerprint density at radius 2 is 1.57 bits per heavy atom. The fourth-order valence-electron chi connectivity index (χ4n) is 4.27. The maximum absolute atomic E-state index is 13.5. The molecule has 0 aliphatic heterocycles. The lowest BCUT2D eigenvalue weighted by atomic mass is 9.94. The molecule has 2 aromatic rings. The van der Waals surface area contributed by atoms with Gasteiger partial charge in [0.1, 0.15) is 12.1 Å². The summed E-state index contributed by atoms with van der Waals surface area (Å²) in [6.45, 7) is 1.60. The predicted molar refractivity (Wildman–Crippen MR) is 122 cm³/mol. The Bertz CT molecular complexity index is 1060. The lowest BCUT2D eigenvalue weighted by Gasteiger charge is -2.29. The van der Waals surface area contributed by atoms with Crippen LogP contribution in [0.5, 0.6) is 0 Å². The number of fused-ring (bicyclic) bond motifs is 3. The molecular weight excluding hydrogens is 465 g/mol. The van der Waals surface area contributed by atoms with Gasteiger partial charge in [0.05, 0.1) is 0 Å². The average molecular weight is 492 g/mol. The highest BCUT2D eigenvalue weighted by molar-refractivity contribution is 5.88. The minimum Gasteiger partial charge on any atom is -0.480 e. The van der Waals surface area contributed by atoms with Gasteiger partial charge in [0.25, 0.3) is 0 Å². The molecule has 2 amide bonds. The van der Waals surface area contributed by atoms with Crippen LogP contribution in [0.1, 0.15) is 43.7 Å². The smallest absolute Gasteiger partial charge is 0.407 e. The number of hydrogen-bond acceptors (Lipinski definition) is 4. The lowest BCUT2D eigenvalue weighted by Crippen LogP contribution is -2.57. The number of halogens is 3. The van der Waals surface area contributed by atoms with Crippen LogP contribution >= 0.6 is 0 Å². The Labute approximate surface area is 200 Å². The van der Waals surface area contributed by atoms with Crippen LogP contribution in [-0.4, -0.2) is 47.9 Å². The monoisotopic (exact) mass is 492 g/mol. The van der Waals surface area contributed by atoms with Crippen molar-refractivity contribution in [3.63, 3.8) is 0 Å². The summed E-state index contributed by atoms with van der Waals surface area (Å²) >= 11 is 0. The fraction of sp³-hybridized carbons (Fsp3) is 0.400. The maximum Gasteiger partial charge on any atom is 0.407 e. The van der Waals surface area contributed by atoms with Crippen molar-refractivity contribution in [2.45, 2.75) is 44.3 Å². The molecule has 0 spiro atoms. The second kappa shape index (κ2) is 10.4. The molecule has 7 nitrogen and oxygen atoms in total. The Balaban J connectivity index is 1.64. The van der Waals surface area contributed by atoms with Gasteiger partial charge in [-0.05, 0) is 35.6 Å². The summed E-state index contributed by atoms with van der Waals surface area (Å²) < 4.78 is 45.9. The first kappa shape index (κ1) is 26.1. The molecular formula is C25H27F3N2O5. The highest BCUT2D eigenvalue weighted by Gasteiger charge is 2.47. The highest BCUT2D eigenvalue weighted by atomic mass is 19.4. The summed E-state index contributed by atoms with van der Waals surface area (Å²) in [5.41, 5.74) is 2.02. The van der Waals surface area contributed by atoms with Crippen LogP contribution in [0.3, 0.4) is 0 Å². The van der Waals surface area contributed by atoms with E-state index in [0.29, 0.717) is 6.42 Å². The standard InChI is InChI=1S/C25H27F3N2O5/c1-3-12-24(2,22(32)33)30-21(31)20(25(26,27)28)13-29-23(34)35-14-19-17-10-6-4-8-15(17)16-9-5-7-11-18(16)19/h4-11,19-20H,3,12-14H2,1-2H3,(H,29,34)(H,30,31)(H,32,33). The van der Waals surface area contributed by atoms with Crippen molar-refractivity contribution in [3.05, 3.63) is 59.7 Å². The zero-order valence-corrected chi connectivity index (χ0v) is 19.3. The number of carbonyl (C=O) groups excluding carboxylic acids is 2. The number of benzene rings is 2. The Hall–Kier alpha value is -3.56. The molecule has 0 heterocycles. The third-order valence-electron chi connectivity index (χ3n) is 6.13. The van der Waals surface area contributed by atoms with E-state index in [2.05, 4.69) is 0 Å². The van der Waals surface area contributed by atoms with Crippen molar-refractivity contribution in [1.29, 1.82) is 0 Å². The van der Waals surface area contributed by atoms with Gasteiger partial charge in [-0.3, -0.25) is 4.79 Å². The molecule has 0 radical (unpaired) electrons. The van der Waals surface area contributed by atoms with Gasteiger partial charge in [0.2, 0.25) is 5.91 Å². The minimum atomic E-state index is -5.01. The van der Waals surface area contributed by atoms with Crippen molar-refractivity contribution in [1.82, 2.24) is 10.6 Å². The number of carboxylic acids is 1. The van der Waals surface area contributed by atoms with Crippen LogP contribution in [0.25, 0.3) is 11.1 Å². The van der Waals surface area contributed by atoms with Gasteiger partial charge in [-0.25, -0.2) is 9.59 Å². The van der Waals surface area contributed by atoms with E-state index in [1.54, 1.807) is 6.92 Å². The molecule has 1 aliphatic rings. The molecule has 2 aromatic carbocycles. The van der Waals surface area contributed by atoms with Crippen molar-refractivity contribution in [3.8, 4) is 11.1 Å². The number of alkyl carbamates (subject to hydrolysis) is 1. The van der Waals surface area contributed by atoms with Crippen LogP contribution < -0.4 is 10.6 Å². The van der Waals surface area contributed by atoms with Gasteiger partial charge in [0.15, 0.2) is 5.92 Å². The largest absolute Gasteiger partial charge is 0.480 e. The van der Waals surface area contributed by atoms with Gasteiger partial charge in [-0.1, -0.05) is 61.9 Å². The number of rotatable bonds is 9. The third-order valence-corrected chi connectivity index (χ3v) is 6.13. The molecule has 3 rings (SSSR count). The van der Waals surface area contributed by atoms with Gasteiger partial charge in [0, 0.05) is 12.5 Å². The molecule has 35 heavy (non-hydrogen) atoms. The number of alkyl halides is 3. The molecule has 3 N–H and O–H groups in total. The number of aliphatic carboxylic acids is 1. The minimum absolute atomic E-state index is 0.0571. The maximum atomic E-state index is 13.5. The lowest BCUT2D eigenvalue weighted by molar-refractivity contribution is -0.183. The zero-order chi connectivity index (χ0) is 25.8. The summed E-state index contributed by atoms with van der Waals surface area (Å²) in [6.07, 6.45) is -5.84. The van der Waals surface area contributed by atoms with Crippen LogP contribution in [0.15, 0.2) is 48.5 Å². The molecule has 0 bridgehead atoms. The number of amides is 2. The third kappa shape index (κ3) is 5.75. The molecule has 1 aliphatic carbocycles. The Kier molecular flexibility index (Phi) is 7.72. The van der Waals surface area contributed by atoms with Crippen molar-refractivity contribution < 1.29 is 37.4 Å². The van der Waals surface area contributed by atoms with Gasteiger partial charge in [-0.15, -0.1) is 0 Å². The fourth-order valence-corrected chi connectivity index (χ4v) is 4.27. The molecule has 0 aromatic heterocycles. The van der Waals surface area contributed by atoms with Crippen LogP contribution in [0.2, 0.25) is 0 Å². The Morgan fingerprint density at radius 3 is 2.06 bits per heavy atom. The summed E-state index contributed by atoms with van der Waals surface area (Å²) in [5, 5.41) is 13.3. The van der Waals surface area contributed by atoms with E-state index in [1.165, 1.54) is 0 Å². The first-order valence-corrected chi connectivity index (χ1v) is 11.2. The molecule has 10 heteroatoms. The predicted octanol–water partition coefficient (Wildman–Crippen LogP) is 4.46. The number of hydrogen-bond donors (Lipinski definition) is 3. The molecule has 0 saturated heterocycles. The molecule has 2 atom stereocenters. The highest BCUT2D eigenvalue weighted by Crippen LogP contribution is 2.44. The van der Waals surface area contributed by atoms with E-state index in [0.717, 1.165) is 29.2 Å². The molecule has 0 fully saturated rings. The first-order valence-electron chi connectivity index (χ1n) is 11.2. The first-order chi connectivity index (χ1) is 16.5. The van der Waals surface area contributed by atoms with Gasteiger partial charge >= 0.3 is 18.2 Å². The number of nitrogens with one attached hydrogen (secondary N) is 2. The molecule has 2 unspecified atom stereocenters. The van der Waals surface area contributed by atoms with Crippen LogP contribution in [0.4, 0.5) is 18.0 Å². The van der Waals surface area contributed by atoms with Crippen molar-refractivity contribution >= 4 is 18.0 Å².